The Morgan fingerprint density at radius 2 is 1.94 bits per heavy atom. The van der Waals surface area contributed by atoms with Gasteiger partial charge in [0.25, 0.3) is 5.91 Å². The Labute approximate surface area is 211 Å². The van der Waals surface area contributed by atoms with E-state index in [0.29, 0.717) is 56.8 Å². The Bertz CT molecular complexity index is 1500. The SMILES string of the molecule is CCN(CC)S(=O)(O)=C1C=CC(=NC(=O)CSc2nnc3c(n2)[nH]c2c(OC)ccc(Cl)c23)C=C1. The predicted molar refractivity (Wildman–Crippen MR) is 141 cm³/mol. The highest BCUT2D eigenvalue weighted by molar-refractivity contribution is 7.99. The molecule has 2 aromatic heterocycles. The summed E-state index contributed by atoms with van der Waals surface area (Å²) < 4.78 is 29.9. The van der Waals surface area contributed by atoms with Crippen LogP contribution in [0.5, 0.6) is 5.75 Å². The van der Waals surface area contributed by atoms with Crippen molar-refractivity contribution in [3.8, 4) is 5.75 Å². The standard InChI is InChI=1S/C22H23ClN6O4S2/c1-4-29(5-2)35(31,32)14-8-6-13(7-9-14)24-17(30)12-34-22-26-21-20(27-28-22)18-15(23)10-11-16(33-3)19(18)25-21/h6-11H,4-5,12H2,1-3H3,(H,31,32)(H,25,26,28). The Morgan fingerprint density at radius 3 is 2.60 bits per heavy atom. The van der Waals surface area contributed by atoms with Crippen LogP contribution in [0.4, 0.5) is 0 Å². The van der Waals surface area contributed by atoms with Crippen molar-refractivity contribution in [2.75, 3.05) is 26.0 Å². The van der Waals surface area contributed by atoms with E-state index >= 15 is 0 Å². The number of amides is 1. The maximum absolute atomic E-state index is 12.7. The molecule has 0 aliphatic heterocycles. The van der Waals surface area contributed by atoms with Crippen LogP contribution in [0.1, 0.15) is 13.8 Å². The zero-order valence-electron chi connectivity index (χ0n) is 19.2. The van der Waals surface area contributed by atoms with E-state index in [1.807, 2.05) is 13.8 Å². The third-order valence-corrected chi connectivity index (χ3v) is 8.50. The number of rotatable bonds is 7. The fourth-order valence-corrected chi connectivity index (χ4v) is 5.86. The van der Waals surface area contributed by atoms with E-state index in [1.165, 1.54) is 16.5 Å². The molecule has 2 heterocycles. The first kappa shape index (κ1) is 25.3. The van der Waals surface area contributed by atoms with E-state index in [-0.39, 0.29) is 10.6 Å². The average molecular weight is 535 g/mol. The molecule has 35 heavy (non-hydrogen) atoms. The van der Waals surface area contributed by atoms with E-state index in [4.69, 9.17) is 16.3 Å². The van der Waals surface area contributed by atoms with Crippen LogP contribution in [-0.2, 0) is 14.8 Å². The zero-order valence-corrected chi connectivity index (χ0v) is 21.6. The number of halogens is 1. The molecule has 3 aromatic rings. The van der Waals surface area contributed by atoms with Gasteiger partial charge in [0.15, 0.2) is 15.6 Å². The number of carbonyl (C=O) groups excluding carboxylic acids is 1. The van der Waals surface area contributed by atoms with Crippen molar-refractivity contribution in [1.29, 1.82) is 0 Å². The largest absolute Gasteiger partial charge is 0.495 e. The number of fused-ring (bicyclic) bond motifs is 3. The molecular formula is C22H23ClN6O4S2. The summed E-state index contributed by atoms with van der Waals surface area (Å²) in [5.41, 5.74) is 2.04. The number of hydrogen-bond donors (Lipinski definition) is 2. The number of methoxy groups -OCH3 is 1. The predicted octanol–water partition coefficient (Wildman–Crippen LogP) is 3.54. The van der Waals surface area contributed by atoms with Crippen LogP contribution in [0, 0.1) is 0 Å². The number of nitrogens with zero attached hydrogens (tertiary/aromatic N) is 5. The number of benzene rings is 1. The van der Waals surface area contributed by atoms with Crippen molar-refractivity contribution in [2.24, 2.45) is 4.99 Å². The van der Waals surface area contributed by atoms with Crippen LogP contribution < -0.4 is 4.74 Å². The van der Waals surface area contributed by atoms with Gasteiger partial charge in [-0.05, 0) is 36.4 Å². The lowest BCUT2D eigenvalue weighted by molar-refractivity contribution is -0.115. The number of aromatic amines is 1. The molecule has 1 aromatic carbocycles. The quantitative estimate of drug-likeness (QED) is 0.347. The monoisotopic (exact) mass is 534 g/mol. The molecule has 0 saturated heterocycles. The first-order chi connectivity index (χ1) is 16.8. The molecule has 4 rings (SSSR count). The second kappa shape index (κ2) is 10.5. The number of carbonyl (C=O) groups is 1. The van der Waals surface area contributed by atoms with E-state index < -0.39 is 15.9 Å². The highest BCUT2D eigenvalue weighted by Gasteiger charge is 2.18. The van der Waals surface area contributed by atoms with E-state index in [2.05, 4.69) is 25.2 Å². The maximum Gasteiger partial charge on any atom is 0.256 e. The minimum absolute atomic E-state index is 0.00453. The number of nitrogens with one attached hydrogen (secondary N) is 1. The number of aliphatic imine (C=N–C) groups is 1. The third-order valence-electron chi connectivity index (χ3n) is 5.26. The number of aromatic nitrogens is 4. The molecule has 10 nitrogen and oxygen atoms in total. The van der Waals surface area contributed by atoms with Crippen molar-refractivity contribution in [3.63, 3.8) is 0 Å². The lowest BCUT2D eigenvalue weighted by Crippen LogP contribution is -2.34. The zero-order chi connectivity index (χ0) is 25.2. The van der Waals surface area contributed by atoms with Crippen molar-refractivity contribution < 1.29 is 18.3 Å². The molecular weight excluding hydrogens is 512 g/mol. The second-order valence-corrected chi connectivity index (χ2v) is 10.6. The van der Waals surface area contributed by atoms with Gasteiger partial charge in [0.1, 0.15) is 11.3 Å². The van der Waals surface area contributed by atoms with E-state index in [0.717, 1.165) is 11.8 Å². The smallest absolute Gasteiger partial charge is 0.256 e. The van der Waals surface area contributed by atoms with Gasteiger partial charge in [-0.25, -0.2) is 18.5 Å². The Kier molecular flexibility index (Phi) is 7.57. The molecule has 0 saturated carbocycles. The van der Waals surface area contributed by atoms with Gasteiger partial charge in [-0.1, -0.05) is 37.2 Å². The summed E-state index contributed by atoms with van der Waals surface area (Å²) >= 11 is 7.42. The summed E-state index contributed by atoms with van der Waals surface area (Å²) in [6.45, 7) is 4.52. The Balaban J connectivity index is 1.48. The van der Waals surface area contributed by atoms with Gasteiger partial charge in [0.05, 0.1) is 39.4 Å². The summed E-state index contributed by atoms with van der Waals surface area (Å²) in [6.07, 6.45) is 6.11. The molecule has 1 amide bonds. The number of thioether (sulfide) groups is 1. The minimum Gasteiger partial charge on any atom is -0.495 e. The molecule has 1 aliphatic rings. The summed E-state index contributed by atoms with van der Waals surface area (Å²) in [4.78, 5) is 24.3. The lowest BCUT2D eigenvalue weighted by atomic mass is 10.2. The molecule has 1 unspecified atom stereocenters. The van der Waals surface area contributed by atoms with Crippen LogP contribution in [0.2, 0.25) is 5.02 Å². The highest BCUT2D eigenvalue weighted by atomic mass is 35.5. The van der Waals surface area contributed by atoms with Crippen LogP contribution in [0.3, 0.4) is 0 Å². The highest BCUT2D eigenvalue weighted by Crippen LogP contribution is 2.35. The molecule has 2 N–H and O–H groups in total. The number of hydrogen-bond acceptors (Lipinski definition) is 7. The van der Waals surface area contributed by atoms with Crippen LogP contribution in [0.25, 0.3) is 22.1 Å². The van der Waals surface area contributed by atoms with Gasteiger partial charge < -0.3 is 14.3 Å². The summed E-state index contributed by atoms with van der Waals surface area (Å²) in [6, 6.07) is 3.47. The van der Waals surface area contributed by atoms with Crippen LogP contribution in [-0.4, -0.2) is 75.7 Å². The maximum atomic E-state index is 12.7. The molecule has 1 atom stereocenters. The van der Waals surface area contributed by atoms with Gasteiger partial charge in [0.2, 0.25) is 5.16 Å². The topological polar surface area (TPSA) is 134 Å². The first-order valence-electron chi connectivity index (χ1n) is 10.7. The second-order valence-electron chi connectivity index (χ2n) is 7.32. The van der Waals surface area contributed by atoms with Crippen molar-refractivity contribution in [1.82, 2.24) is 24.5 Å². The van der Waals surface area contributed by atoms with E-state index in [1.54, 1.807) is 31.4 Å². The molecule has 1 aliphatic carbocycles. The minimum atomic E-state index is -3.32. The lowest BCUT2D eigenvalue weighted by Gasteiger charge is -2.21. The number of H-pyrrole nitrogens is 1. The van der Waals surface area contributed by atoms with Gasteiger partial charge in [0, 0.05) is 13.1 Å². The summed E-state index contributed by atoms with van der Waals surface area (Å²) in [5.74, 6) is 0.198. The number of ether oxygens (including phenoxy) is 1. The molecule has 0 spiro atoms. The normalized spacial score (nSPS) is 15.3. The molecule has 0 radical (unpaired) electrons. The molecule has 184 valence electrons. The van der Waals surface area contributed by atoms with Crippen LogP contribution >= 0.6 is 23.4 Å². The molecule has 0 fully saturated rings. The first-order valence-corrected chi connectivity index (χ1v) is 13.5. The summed E-state index contributed by atoms with van der Waals surface area (Å²) in [7, 11) is -1.76. The van der Waals surface area contributed by atoms with Gasteiger partial charge in [-0.2, -0.15) is 0 Å². The average Bonchev–Trinajstić information content (AvgIpc) is 3.23. The fourth-order valence-electron chi connectivity index (χ4n) is 3.55. The van der Waals surface area contributed by atoms with Crippen molar-refractivity contribution in [3.05, 3.63) is 41.5 Å². The fraction of sp³-hybridized carbons (Fsp3) is 0.273. The summed E-state index contributed by atoms with van der Waals surface area (Å²) in [5, 5.41) is 9.79. The number of allylic oxidation sites excluding steroid dienone is 4. The van der Waals surface area contributed by atoms with Crippen molar-refractivity contribution in [2.45, 2.75) is 19.0 Å². The van der Waals surface area contributed by atoms with Crippen molar-refractivity contribution >= 4 is 71.9 Å². The van der Waals surface area contributed by atoms with Crippen LogP contribution in [0.15, 0.2) is 46.6 Å². The van der Waals surface area contributed by atoms with Gasteiger partial charge in [-0.15, -0.1) is 10.2 Å². The molecule has 0 bridgehead atoms. The van der Waals surface area contributed by atoms with Gasteiger partial charge >= 0.3 is 0 Å². The molecule has 13 heteroatoms. The Hall–Kier alpha value is -2.77. The van der Waals surface area contributed by atoms with E-state index in [9.17, 15) is 13.6 Å². The third kappa shape index (κ3) is 5.11. The Morgan fingerprint density at radius 1 is 1.23 bits per heavy atom. The van der Waals surface area contributed by atoms with Gasteiger partial charge in [-0.3, -0.25) is 4.79 Å².